The Bertz CT molecular complexity index is 496. The first-order valence-electron chi connectivity index (χ1n) is 7.12. The van der Waals surface area contributed by atoms with Crippen LogP contribution in [0.25, 0.3) is 0 Å². The second kappa shape index (κ2) is 6.08. The van der Waals surface area contributed by atoms with Gasteiger partial charge in [-0.15, -0.1) is 0 Å². The summed E-state index contributed by atoms with van der Waals surface area (Å²) in [5, 5.41) is 9.10. The minimum absolute atomic E-state index is 0.384. The van der Waals surface area contributed by atoms with Crippen LogP contribution in [0.3, 0.4) is 0 Å². The van der Waals surface area contributed by atoms with Crippen LogP contribution < -0.4 is 10.6 Å². The van der Waals surface area contributed by atoms with Crippen molar-refractivity contribution in [3.63, 3.8) is 0 Å². The number of anilines is 1. The van der Waals surface area contributed by atoms with E-state index < -0.39 is 0 Å². The highest BCUT2D eigenvalue weighted by Crippen LogP contribution is 2.34. The fraction of sp³-hybridized carbons (Fsp3) is 0.571. The van der Waals surface area contributed by atoms with Gasteiger partial charge in [0.2, 0.25) is 0 Å². The van der Waals surface area contributed by atoms with Gasteiger partial charge in [0.05, 0.1) is 5.69 Å². The number of rotatable bonds is 3. The van der Waals surface area contributed by atoms with E-state index in [1.165, 1.54) is 0 Å². The van der Waals surface area contributed by atoms with E-state index in [0.29, 0.717) is 12.7 Å². The third kappa shape index (κ3) is 3.11. The number of hydrogen-bond acceptors (Lipinski definition) is 5. The number of nitrogens with zero attached hydrogens (tertiary/aromatic N) is 4. The van der Waals surface area contributed by atoms with Gasteiger partial charge >= 0.3 is 0 Å². The van der Waals surface area contributed by atoms with E-state index >= 15 is 0 Å². The Morgan fingerprint density at radius 3 is 2.85 bits per heavy atom. The van der Waals surface area contributed by atoms with Gasteiger partial charge in [-0.05, 0) is 44.1 Å². The van der Waals surface area contributed by atoms with Crippen molar-refractivity contribution in [3.8, 4) is 0 Å². The number of likely N-dealkylation sites (tertiary alicyclic amines) is 1. The Kier molecular flexibility index (Phi) is 4.19. The van der Waals surface area contributed by atoms with Gasteiger partial charge in [-0.2, -0.15) is 10.2 Å². The summed E-state index contributed by atoms with van der Waals surface area (Å²) in [5.74, 6) is 0. The van der Waals surface area contributed by atoms with E-state index in [2.05, 4.69) is 20.0 Å². The van der Waals surface area contributed by atoms with Crippen LogP contribution in [0.5, 0.6) is 0 Å². The molecule has 0 saturated carbocycles. The predicted molar refractivity (Wildman–Crippen MR) is 81.8 cm³/mol. The molecule has 0 atom stereocenters. The molecule has 108 valence electrons. The second-order valence-electron chi connectivity index (χ2n) is 5.46. The zero-order valence-electron chi connectivity index (χ0n) is 11.5. The highest BCUT2D eigenvalue weighted by atomic mass is 35.5. The van der Waals surface area contributed by atoms with Crippen LogP contribution in [0.4, 0.5) is 11.4 Å². The van der Waals surface area contributed by atoms with Crippen molar-refractivity contribution in [2.45, 2.75) is 18.9 Å². The zero-order valence-corrected chi connectivity index (χ0v) is 12.3. The Hall–Kier alpha value is -1.17. The first-order valence-corrected chi connectivity index (χ1v) is 7.50. The maximum Gasteiger partial charge on any atom is 0.131 e. The molecule has 6 heteroatoms. The van der Waals surface area contributed by atoms with E-state index in [9.17, 15) is 0 Å². The molecule has 0 amide bonds. The molecule has 2 aliphatic rings. The molecule has 1 aromatic rings. The minimum atomic E-state index is 0.384. The van der Waals surface area contributed by atoms with E-state index in [-0.39, 0.29) is 0 Å². The Labute approximate surface area is 124 Å². The summed E-state index contributed by atoms with van der Waals surface area (Å²) in [6.45, 7) is 4.79. The highest BCUT2D eigenvalue weighted by molar-refractivity contribution is 6.31. The Balaban J connectivity index is 1.61. The lowest BCUT2D eigenvalue weighted by Crippen LogP contribution is -2.43. The van der Waals surface area contributed by atoms with Gasteiger partial charge in [0.25, 0.3) is 0 Å². The summed E-state index contributed by atoms with van der Waals surface area (Å²) >= 11 is 6.08. The summed E-state index contributed by atoms with van der Waals surface area (Å²) in [6.07, 6.45) is 2.20. The quantitative estimate of drug-likeness (QED) is 0.932. The molecule has 0 aliphatic carbocycles. The normalized spacial score (nSPS) is 20.2. The SMILES string of the molecule is NC1CCN(CCN2CN=Nc3ccc(Cl)cc32)CC1. The molecular formula is C14H20ClN5. The van der Waals surface area contributed by atoms with Gasteiger partial charge in [-0.1, -0.05) is 11.6 Å². The van der Waals surface area contributed by atoms with Crippen molar-refractivity contribution >= 4 is 23.0 Å². The second-order valence-corrected chi connectivity index (χ2v) is 5.89. The van der Waals surface area contributed by atoms with Crippen molar-refractivity contribution in [1.82, 2.24) is 4.90 Å². The molecule has 1 aromatic carbocycles. The first kappa shape index (κ1) is 13.8. The smallest absolute Gasteiger partial charge is 0.131 e. The summed E-state index contributed by atoms with van der Waals surface area (Å²) in [7, 11) is 0. The van der Waals surface area contributed by atoms with Crippen molar-refractivity contribution in [2.75, 3.05) is 37.7 Å². The van der Waals surface area contributed by atoms with E-state index in [0.717, 1.165) is 55.4 Å². The summed E-state index contributed by atoms with van der Waals surface area (Å²) in [4.78, 5) is 4.71. The van der Waals surface area contributed by atoms with Crippen molar-refractivity contribution in [1.29, 1.82) is 0 Å². The zero-order chi connectivity index (χ0) is 13.9. The summed E-state index contributed by atoms with van der Waals surface area (Å²) in [6, 6.07) is 6.14. The van der Waals surface area contributed by atoms with E-state index in [1.54, 1.807) is 0 Å². The molecule has 1 saturated heterocycles. The number of fused-ring (bicyclic) bond motifs is 1. The molecule has 1 fully saturated rings. The minimum Gasteiger partial charge on any atom is -0.347 e. The predicted octanol–water partition coefficient (Wildman–Crippen LogP) is 2.62. The molecule has 2 aliphatic heterocycles. The van der Waals surface area contributed by atoms with Crippen LogP contribution in [0.2, 0.25) is 5.02 Å². The first-order chi connectivity index (χ1) is 9.72. The number of nitrogens with two attached hydrogens (primary N) is 1. The van der Waals surface area contributed by atoms with Gasteiger partial charge in [0, 0.05) is 24.2 Å². The molecule has 0 unspecified atom stereocenters. The number of azo groups is 1. The third-order valence-corrected chi connectivity index (χ3v) is 4.24. The van der Waals surface area contributed by atoms with Crippen LogP contribution >= 0.6 is 11.6 Å². The number of halogens is 1. The summed E-state index contributed by atoms with van der Waals surface area (Å²) in [5.41, 5.74) is 7.93. The lowest BCUT2D eigenvalue weighted by atomic mass is 10.1. The number of piperidine rings is 1. The van der Waals surface area contributed by atoms with Gasteiger partial charge < -0.3 is 15.5 Å². The van der Waals surface area contributed by atoms with E-state index in [1.807, 2.05) is 18.2 Å². The maximum absolute atomic E-state index is 6.08. The molecule has 2 heterocycles. The molecule has 0 bridgehead atoms. The average molecular weight is 294 g/mol. The number of hydrogen-bond donors (Lipinski definition) is 1. The van der Waals surface area contributed by atoms with Gasteiger partial charge in [0.15, 0.2) is 0 Å². The highest BCUT2D eigenvalue weighted by Gasteiger charge is 2.19. The van der Waals surface area contributed by atoms with Crippen molar-refractivity contribution in [3.05, 3.63) is 23.2 Å². The van der Waals surface area contributed by atoms with Crippen molar-refractivity contribution in [2.24, 2.45) is 16.0 Å². The molecule has 20 heavy (non-hydrogen) atoms. The topological polar surface area (TPSA) is 57.2 Å². The van der Waals surface area contributed by atoms with E-state index in [4.69, 9.17) is 17.3 Å². The van der Waals surface area contributed by atoms with Crippen LogP contribution in [0.1, 0.15) is 12.8 Å². The monoisotopic (exact) mass is 293 g/mol. The lowest BCUT2D eigenvalue weighted by Gasteiger charge is -2.33. The standard InChI is InChI=1S/C14H20ClN5/c15-11-1-2-13-14(9-11)20(10-17-18-13)8-7-19-5-3-12(16)4-6-19/h1-2,9,12H,3-8,10,16H2. The summed E-state index contributed by atoms with van der Waals surface area (Å²) < 4.78 is 0. The maximum atomic E-state index is 6.08. The Morgan fingerprint density at radius 1 is 1.25 bits per heavy atom. The van der Waals surface area contributed by atoms with Gasteiger partial charge in [-0.3, -0.25) is 0 Å². The Morgan fingerprint density at radius 2 is 2.05 bits per heavy atom. The number of benzene rings is 1. The molecule has 0 spiro atoms. The van der Waals surface area contributed by atoms with Crippen LogP contribution in [0, 0.1) is 0 Å². The van der Waals surface area contributed by atoms with Crippen LogP contribution in [0.15, 0.2) is 28.4 Å². The van der Waals surface area contributed by atoms with Crippen molar-refractivity contribution < 1.29 is 0 Å². The lowest BCUT2D eigenvalue weighted by molar-refractivity contribution is 0.217. The average Bonchev–Trinajstić information content (AvgIpc) is 2.47. The van der Waals surface area contributed by atoms with Crippen LogP contribution in [-0.2, 0) is 0 Å². The molecule has 0 radical (unpaired) electrons. The third-order valence-electron chi connectivity index (χ3n) is 4.01. The molecule has 0 aromatic heterocycles. The molecule has 2 N–H and O–H groups in total. The van der Waals surface area contributed by atoms with Gasteiger partial charge in [0.1, 0.15) is 12.4 Å². The van der Waals surface area contributed by atoms with Crippen LogP contribution in [-0.4, -0.2) is 43.8 Å². The molecule has 3 rings (SSSR count). The fourth-order valence-electron chi connectivity index (χ4n) is 2.72. The molecule has 5 nitrogen and oxygen atoms in total. The van der Waals surface area contributed by atoms with Gasteiger partial charge in [-0.25, -0.2) is 0 Å². The molecular weight excluding hydrogens is 274 g/mol. The largest absolute Gasteiger partial charge is 0.347 e. The fourth-order valence-corrected chi connectivity index (χ4v) is 2.89.